The third kappa shape index (κ3) is 4.93. The Bertz CT molecular complexity index is 534. The largest absolute Gasteiger partial charge is 0.346 e. The molecular weight excluding hydrogens is 274 g/mol. The molecule has 0 radical (unpaired) electrons. The molecule has 1 aromatic carbocycles. The molecule has 0 spiro atoms. The summed E-state index contributed by atoms with van der Waals surface area (Å²) in [6, 6.07) is 10.1. The molecule has 0 saturated carbocycles. The number of hydrogen-bond donors (Lipinski definition) is 0. The molecule has 1 atom stereocenters. The van der Waals surface area contributed by atoms with Crippen molar-refractivity contribution in [3.8, 4) is 0 Å². The number of aliphatic imine (C=N–C) groups is 1. The summed E-state index contributed by atoms with van der Waals surface area (Å²) in [5.41, 5.74) is 2.04. The average Bonchev–Trinajstić information content (AvgIpc) is 2.56. The highest BCUT2D eigenvalue weighted by atomic mass is 16.7. The highest BCUT2D eigenvalue weighted by Gasteiger charge is 2.29. The Labute approximate surface area is 133 Å². The van der Waals surface area contributed by atoms with Gasteiger partial charge in [-0.3, -0.25) is 4.99 Å². The topological polar surface area (TPSA) is 30.8 Å². The van der Waals surface area contributed by atoms with Crippen LogP contribution in [0.1, 0.15) is 38.7 Å². The van der Waals surface area contributed by atoms with E-state index in [4.69, 9.17) is 9.47 Å². The van der Waals surface area contributed by atoms with Crippen LogP contribution in [0.5, 0.6) is 0 Å². The standard InChI is InChI=1S/C19H25NO2/c1-3-5-15-22-19(21-4-2)13-11-18(12-14-19)20-16-17-9-7-6-8-10-17/h6-13,16H,3-5,14-15H2,1-2H3. The van der Waals surface area contributed by atoms with Crippen molar-refractivity contribution < 1.29 is 9.47 Å². The molecule has 0 heterocycles. The normalized spacial score (nSPS) is 21.3. The van der Waals surface area contributed by atoms with Crippen molar-refractivity contribution in [1.29, 1.82) is 0 Å². The van der Waals surface area contributed by atoms with Crippen LogP contribution in [0, 0.1) is 0 Å². The maximum absolute atomic E-state index is 5.96. The molecule has 1 aliphatic carbocycles. The predicted octanol–water partition coefficient (Wildman–Crippen LogP) is 4.50. The van der Waals surface area contributed by atoms with Gasteiger partial charge in [-0.2, -0.15) is 0 Å². The minimum absolute atomic E-state index is 0.615. The van der Waals surface area contributed by atoms with E-state index in [1.807, 2.05) is 55.6 Å². The van der Waals surface area contributed by atoms with Gasteiger partial charge in [-0.05, 0) is 31.1 Å². The molecule has 3 nitrogen and oxygen atoms in total. The molecule has 1 aromatic rings. The lowest BCUT2D eigenvalue weighted by Gasteiger charge is -2.31. The van der Waals surface area contributed by atoms with Gasteiger partial charge in [-0.1, -0.05) is 49.8 Å². The second-order valence-electron chi connectivity index (χ2n) is 5.28. The van der Waals surface area contributed by atoms with E-state index >= 15 is 0 Å². The highest BCUT2D eigenvalue weighted by Crippen LogP contribution is 2.27. The number of rotatable bonds is 8. The van der Waals surface area contributed by atoms with Crippen molar-refractivity contribution >= 4 is 6.21 Å². The smallest absolute Gasteiger partial charge is 0.191 e. The van der Waals surface area contributed by atoms with Gasteiger partial charge in [-0.15, -0.1) is 0 Å². The van der Waals surface area contributed by atoms with E-state index in [1.165, 1.54) is 0 Å². The van der Waals surface area contributed by atoms with Crippen LogP contribution in [-0.2, 0) is 9.47 Å². The Morgan fingerprint density at radius 2 is 2.00 bits per heavy atom. The minimum Gasteiger partial charge on any atom is -0.346 e. The van der Waals surface area contributed by atoms with Gasteiger partial charge < -0.3 is 9.47 Å². The number of ether oxygens (including phenoxy) is 2. The molecule has 3 heteroatoms. The second kappa shape index (κ2) is 8.66. The fraction of sp³-hybridized carbons (Fsp3) is 0.421. The lowest BCUT2D eigenvalue weighted by Crippen LogP contribution is -2.35. The quantitative estimate of drug-likeness (QED) is 0.402. The molecule has 2 rings (SSSR count). The van der Waals surface area contributed by atoms with E-state index in [-0.39, 0.29) is 0 Å². The molecule has 0 amide bonds. The number of benzene rings is 1. The van der Waals surface area contributed by atoms with E-state index in [0.717, 1.165) is 30.7 Å². The van der Waals surface area contributed by atoms with Gasteiger partial charge in [0.2, 0.25) is 0 Å². The van der Waals surface area contributed by atoms with Crippen molar-refractivity contribution in [2.45, 2.75) is 38.9 Å². The van der Waals surface area contributed by atoms with Gasteiger partial charge in [-0.25, -0.2) is 0 Å². The van der Waals surface area contributed by atoms with Crippen LogP contribution >= 0.6 is 0 Å². The van der Waals surface area contributed by atoms with Crippen LogP contribution in [0.4, 0.5) is 0 Å². The summed E-state index contributed by atoms with van der Waals surface area (Å²) >= 11 is 0. The van der Waals surface area contributed by atoms with E-state index < -0.39 is 5.79 Å². The van der Waals surface area contributed by atoms with Crippen LogP contribution in [0.2, 0.25) is 0 Å². The first kappa shape index (κ1) is 16.7. The Morgan fingerprint density at radius 1 is 1.18 bits per heavy atom. The molecule has 0 saturated heterocycles. The Morgan fingerprint density at radius 3 is 2.64 bits per heavy atom. The molecular formula is C19H25NO2. The second-order valence-corrected chi connectivity index (χ2v) is 5.28. The number of allylic oxidation sites excluding steroid dienone is 1. The van der Waals surface area contributed by atoms with Crippen molar-refractivity contribution in [3.63, 3.8) is 0 Å². The third-order valence-corrected chi connectivity index (χ3v) is 3.50. The summed E-state index contributed by atoms with van der Waals surface area (Å²) in [7, 11) is 0. The first-order valence-electron chi connectivity index (χ1n) is 8.04. The van der Waals surface area contributed by atoms with Crippen LogP contribution in [0.25, 0.3) is 0 Å². The molecule has 118 valence electrons. The van der Waals surface area contributed by atoms with Crippen molar-refractivity contribution in [2.75, 3.05) is 13.2 Å². The highest BCUT2D eigenvalue weighted by molar-refractivity contribution is 5.80. The number of nitrogens with zero attached hydrogens (tertiary/aromatic N) is 1. The summed E-state index contributed by atoms with van der Waals surface area (Å²) in [5, 5.41) is 0. The van der Waals surface area contributed by atoms with E-state index in [2.05, 4.69) is 18.0 Å². The van der Waals surface area contributed by atoms with Crippen LogP contribution < -0.4 is 0 Å². The van der Waals surface area contributed by atoms with Crippen molar-refractivity contribution in [1.82, 2.24) is 0 Å². The van der Waals surface area contributed by atoms with Crippen LogP contribution in [0.3, 0.4) is 0 Å². The molecule has 0 aromatic heterocycles. The Kier molecular flexibility index (Phi) is 6.56. The van der Waals surface area contributed by atoms with Gasteiger partial charge >= 0.3 is 0 Å². The SMILES string of the molecule is CCCCOC1(OCC)C=CC(N=Cc2ccccc2)=CC1. The van der Waals surface area contributed by atoms with Crippen LogP contribution in [0.15, 0.2) is 59.2 Å². The lowest BCUT2D eigenvalue weighted by atomic mass is 10.1. The first-order chi connectivity index (χ1) is 10.8. The molecule has 0 N–H and O–H groups in total. The summed E-state index contributed by atoms with van der Waals surface area (Å²) in [5.74, 6) is -0.615. The summed E-state index contributed by atoms with van der Waals surface area (Å²) < 4.78 is 11.8. The van der Waals surface area contributed by atoms with Crippen LogP contribution in [-0.4, -0.2) is 25.2 Å². The molecule has 0 bridgehead atoms. The van der Waals surface area contributed by atoms with Gasteiger partial charge in [0.15, 0.2) is 5.79 Å². The molecule has 1 unspecified atom stereocenters. The predicted molar refractivity (Wildman–Crippen MR) is 91.1 cm³/mol. The maximum atomic E-state index is 5.96. The van der Waals surface area contributed by atoms with Gasteiger partial charge in [0, 0.05) is 19.2 Å². The molecule has 22 heavy (non-hydrogen) atoms. The summed E-state index contributed by atoms with van der Waals surface area (Å²) in [6.45, 7) is 5.50. The summed E-state index contributed by atoms with van der Waals surface area (Å²) in [4.78, 5) is 4.51. The zero-order valence-electron chi connectivity index (χ0n) is 13.5. The molecule has 0 fully saturated rings. The lowest BCUT2D eigenvalue weighted by molar-refractivity contribution is -0.200. The Balaban J connectivity index is 1.97. The van der Waals surface area contributed by atoms with E-state index in [0.29, 0.717) is 13.0 Å². The third-order valence-electron chi connectivity index (χ3n) is 3.50. The van der Waals surface area contributed by atoms with Crippen molar-refractivity contribution in [3.05, 3.63) is 59.8 Å². The molecule has 1 aliphatic rings. The van der Waals surface area contributed by atoms with E-state index in [1.54, 1.807) is 0 Å². The fourth-order valence-electron chi connectivity index (χ4n) is 2.27. The fourth-order valence-corrected chi connectivity index (χ4v) is 2.27. The maximum Gasteiger partial charge on any atom is 0.191 e. The summed E-state index contributed by atoms with van der Waals surface area (Å²) in [6.07, 6.45) is 10.8. The van der Waals surface area contributed by atoms with Gasteiger partial charge in [0.25, 0.3) is 0 Å². The average molecular weight is 299 g/mol. The minimum atomic E-state index is -0.615. The van der Waals surface area contributed by atoms with Gasteiger partial charge in [0.1, 0.15) is 0 Å². The molecule has 0 aliphatic heterocycles. The Hall–Kier alpha value is -1.71. The number of unbranched alkanes of at least 4 members (excludes halogenated alkanes) is 1. The first-order valence-corrected chi connectivity index (χ1v) is 8.04. The van der Waals surface area contributed by atoms with Crippen molar-refractivity contribution in [2.24, 2.45) is 4.99 Å². The van der Waals surface area contributed by atoms with E-state index in [9.17, 15) is 0 Å². The number of hydrogen-bond acceptors (Lipinski definition) is 3. The van der Waals surface area contributed by atoms with Gasteiger partial charge in [0.05, 0.1) is 12.3 Å². The zero-order valence-corrected chi connectivity index (χ0v) is 13.5. The zero-order chi connectivity index (χ0) is 15.7. The monoisotopic (exact) mass is 299 g/mol.